The number of hydrazone groups is 1. The largest absolute Gasteiger partial charge is 0.295 e. The first kappa shape index (κ1) is 23.1. The minimum absolute atomic E-state index is 0.226. The number of anilines is 1. The third-order valence-corrected chi connectivity index (χ3v) is 6.82. The fourth-order valence-electron chi connectivity index (χ4n) is 4.66. The fourth-order valence-corrected chi connectivity index (χ4v) is 5.18. The van der Waals surface area contributed by atoms with Crippen LogP contribution in [0, 0.1) is 12.8 Å². The minimum atomic E-state index is -0.722. The first-order chi connectivity index (χ1) is 16.9. The van der Waals surface area contributed by atoms with Crippen LogP contribution in [0.2, 0.25) is 10.0 Å². The Bertz CT molecular complexity index is 1490. The molecule has 35 heavy (non-hydrogen) atoms. The zero-order valence-corrected chi connectivity index (χ0v) is 20.6. The summed E-state index contributed by atoms with van der Waals surface area (Å²) >= 11 is 12.8. The molecule has 6 nitrogen and oxygen atoms in total. The standard InChI is InChI=1S/C27H22Cl2N4O2/c1-16-23(26(34)32(30-16)19-9-5-3-6-10-19)25(21-14-13-18(28)15-22(21)29)24-17(2)31-33(27(24)35)20-11-7-4-8-12-20/h3-15,23,25,31H,1-2H3/t23-,25+/m1/s1. The number of aryl methyl sites for hydroxylation is 1. The maximum atomic E-state index is 13.8. The average molecular weight is 505 g/mol. The fraction of sp³-hybridized carbons (Fsp3) is 0.148. The molecule has 0 aliphatic carbocycles. The molecule has 0 spiro atoms. The Morgan fingerprint density at radius 2 is 1.51 bits per heavy atom. The highest BCUT2D eigenvalue weighted by molar-refractivity contribution is 6.35. The molecule has 0 saturated heterocycles. The SMILES string of the molecule is CC1=NN(c2ccccc2)C(=O)[C@H]1[C@H](c1ccc(Cl)cc1Cl)c1c(C)[nH]n(-c2ccccc2)c1=O. The Hall–Kier alpha value is -3.61. The summed E-state index contributed by atoms with van der Waals surface area (Å²) in [7, 11) is 0. The lowest BCUT2D eigenvalue weighted by Crippen LogP contribution is -2.34. The van der Waals surface area contributed by atoms with Crippen LogP contribution in [0.4, 0.5) is 5.69 Å². The number of H-pyrrole nitrogens is 1. The quantitative estimate of drug-likeness (QED) is 0.364. The van der Waals surface area contributed by atoms with Gasteiger partial charge >= 0.3 is 0 Å². The van der Waals surface area contributed by atoms with E-state index < -0.39 is 11.8 Å². The molecule has 1 amide bonds. The highest BCUT2D eigenvalue weighted by atomic mass is 35.5. The molecule has 1 aliphatic heterocycles. The molecule has 0 saturated carbocycles. The van der Waals surface area contributed by atoms with E-state index in [4.69, 9.17) is 23.2 Å². The molecule has 176 valence electrons. The second-order valence-corrected chi connectivity index (χ2v) is 9.32. The summed E-state index contributed by atoms with van der Waals surface area (Å²) in [6.07, 6.45) is 0. The molecular formula is C27H22Cl2N4O2. The van der Waals surface area contributed by atoms with Gasteiger partial charge in [-0.05, 0) is 55.8 Å². The molecule has 1 N–H and O–H groups in total. The van der Waals surface area contributed by atoms with Crippen LogP contribution < -0.4 is 10.6 Å². The lowest BCUT2D eigenvalue weighted by atomic mass is 9.78. The van der Waals surface area contributed by atoms with Crippen molar-refractivity contribution in [2.45, 2.75) is 19.8 Å². The number of halogens is 2. The van der Waals surface area contributed by atoms with E-state index >= 15 is 0 Å². The number of hydrogen-bond acceptors (Lipinski definition) is 3. The molecule has 0 unspecified atom stereocenters. The van der Waals surface area contributed by atoms with Crippen molar-refractivity contribution in [1.29, 1.82) is 0 Å². The molecule has 4 aromatic rings. The number of para-hydroxylation sites is 2. The van der Waals surface area contributed by atoms with Crippen LogP contribution in [-0.2, 0) is 4.79 Å². The summed E-state index contributed by atoms with van der Waals surface area (Å²) in [5.74, 6) is -1.62. The molecule has 2 atom stereocenters. The van der Waals surface area contributed by atoms with E-state index in [1.54, 1.807) is 25.1 Å². The van der Waals surface area contributed by atoms with Gasteiger partial charge in [0.05, 0.1) is 17.3 Å². The molecule has 0 fully saturated rings. The first-order valence-electron chi connectivity index (χ1n) is 11.1. The highest BCUT2D eigenvalue weighted by Gasteiger charge is 2.44. The topological polar surface area (TPSA) is 70.5 Å². The number of nitrogens with one attached hydrogen (secondary N) is 1. The summed E-state index contributed by atoms with van der Waals surface area (Å²) in [4.78, 5) is 27.6. The van der Waals surface area contributed by atoms with Crippen LogP contribution in [0.5, 0.6) is 0 Å². The predicted octanol–water partition coefficient (Wildman–Crippen LogP) is 5.95. The van der Waals surface area contributed by atoms with E-state index in [2.05, 4.69) is 10.2 Å². The van der Waals surface area contributed by atoms with Crippen LogP contribution >= 0.6 is 23.2 Å². The van der Waals surface area contributed by atoms with Gasteiger partial charge in [0.15, 0.2) is 0 Å². The van der Waals surface area contributed by atoms with Crippen LogP contribution in [0.1, 0.15) is 29.7 Å². The number of rotatable bonds is 5. The third-order valence-electron chi connectivity index (χ3n) is 6.26. The third kappa shape index (κ3) is 4.09. The van der Waals surface area contributed by atoms with Crippen molar-refractivity contribution in [2.75, 3.05) is 5.01 Å². The van der Waals surface area contributed by atoms with Gasteiger partial charge in [0.25, 0.3) is 11.5 Å². The second kappa shape index (κ2) is 9.21. The van der Waals surface area contributed by atoms with Gasteiger partial charge in [0.2, 0.25) is 0 Å². The van der Waals surface area contributed by atoms with E-state index in [1.807, 2.05) is 67.6 Å². The van der Waals surface area contributed by atoms with Crippen molar-refractivity contribution >= 4 is 40.5 Å². The molecule has 8 heteroatoms. The molecule has 1 aliphatic rings. The average Bonchev–Trinajstić information content (AvgIpc) is 3.32. The Balaban J connectivity index is 1.70. The number of aromatic nitrogens is 2. The number of amides is 1. The maximum Gasteiger partial charge on any atom is 0.275 e. The summed E-state index contributed by atoms with van der Waals surface area (Å²) < 4.78 is 1.49. The lowest BCUT2D eigenvalue weighted by Gasteiger charge is -2.24. The molecular weight excluding hydrogens is 483 g/mol. The maximum absolute atomic E-state index is 13.8. The zero-order chi connectivity index (χ0) is 24.7. The van der Waals surface area contributed by atoms with Gasteiger partial charge in [-0.3, -0.25) is 14.7 Å². The van der Waals surface area contributed by atoms with Crippen molar-refractivity contribution in [3.05, 3.63) is 116 Å². The van der Waals surface area contributed by atoms with Gasteiger partial charge in [0.1, 0.15) is 0 Å². The Morgan fingerprint density at radius 1 is 0.886 bits per heavy atom. The summed E-state index contributed by atoms with van der Waals surface area (Å²) in [5.41, 5.74) is 3.45. The summed E-state index contributed by atoms with van der Waals surface area (Å²) in [5, 5.41) is 10.0. The molecule has 0 bridgehead atoms. The van der Waals surface area contributed by atoms with Crippen molar-refractivity contribution in [2.24, 2.45) is 11.0 Å². The Labute approximate surface area is 212 Å². The number of carbonyl (C=O) groups is 1. The van der Waals surface area contributed by atoms with Crippen molar-refractivity contribution < 1.29 is 4.79 Å². The number of aromatic amines is 1. The monoisotopic (exact) mass is 504 g/mol. The van der Waals surface area contributed by atoms with Crippen LogP contribution in [0.25, 0.3) is 5.69 Å². The van der Waals surface area contributed by atoms with Crippen LogP contribution in [0.3, 0.4) is 0 Å². The highest BCUT2D eigenvalue weighted by Crippen LogP contribution is 2.41. The van der Waals surface area contributed by atoms with Crippen LogP contribution in [-0.4, -0.2) is 21.4 Å². The van der Waals surface area contributed by atoms with E-state index in [-0.39, 0.29) is 11.5 Å². The summed E-state index contributed by atoms with van der Waals surface area (Å²) in [6, 6.07) is 23.6. The molecule has 1 aromatic heterocycles. The van der Waals surface area contributed by atoms with Gasteiger partial charge in [0, 0.05) is 32.9 Å². The molecule has 0 radical (unpaired) electrons. The zero-order valence-electron chi connectivity index (χ0n) is 19.1. The Morgan fingerprint density at radius 3 is 2.14 bits per heavy atom. The van der Waals surface area contributed by atoms with Gasteiger partial charge in [-0.15, -0.1) is 0 Å². The Kier molecular flexibility index (Phi) is 6.09. The van der Waals surface area contributed by atoms with E-state index in [0.717, 1.165) is 0 Å². The van der Waals surface area contributed by atoms with Gasteiger partial charge in [-0.2, -0.15) is 5.10 Å². The smallest absolute Gasteiger partial charge is 0.275 e. The van der Waals surface area contributed by atoms with Gasteiger partial charge in [-0.25, -0.2) is 9.69 Å². The second-order valence-electron chi connectivity index (χ2n) is 8.47. The van der Waals surface area contributed by atoms with E-state index in [0.29, 0.717) is 44.0 Å². The number of nitrogens with zero attached hydrogens (tertiary/aromatic N) is 3. The van der Waals surface area contributed by atoms with E-state index in [1.165, 1.54) is 9.69 Å². The van der Waals surface area contributed by atoms with Crippen LogP contribution in [0.15, 0.2) is 88.8 Å². The normalized spacial score (nSPS) is 16.5. The first-order valence-corrected chi connectivity index (χ1v) is 11.9. The number of carbonyl (C=O) groups excluding carboxylic acids is 1. The molecule has 3 aromatic carbocycles. The van der Waals surface area contributed by atoms with Crippen molar-refractivity contribution in [1.82, 2.24) is 9.78 Å². The van der Waals surface area contributed by atoms with E-state index in [9.17, 15) is 9.59 Å². The number of benzene rings is 3. The predicted molar refractivity (Wildman–Crippen MR) is 140 cm³/mol. The van der Waals surface area contributed by atoms with Gasteiger partial charge in [-0.1, -0.05) is 65.7 Å². The van der Waals surface area contributed by atoms with Crippen molar-refractivity contribution in [3.8, 4) is 5.69 Å². The van der Waals surface area contributed by atoms with Gasteiger partial charge < -0.3 is 0 Å². The number of hydrogen-bond donors (Lipinski definition) is 1. The lowest BCUT2D eigenvalue weighted by molar-refractivity contribution is -0.120. The molecule has 5 rings (SSSR count). The summed E-state index contributed by atoms with van der Waals surface area (Å²) in [6.45, 7) is 3.63. The van der Waals surface area contributed by atoms with Crippen molar-refractivity contribution in [3.63, 3.8) is 0 Å². The molecule has 2 heterocycles. The minimum Gasteiger partial charge on any atom is -0.295 e.